The van der Waals surface area contributed by atoms with Gasteiger partial charge in [-0.05, 0) is 27.9 Å². The summed E-state index contributed by atoms with van der Waals surface area (Å²) in [6, 6.07) is 0. The van der Waals surface area contributed by atoms with E-state index in [1.165, 1.54) is 0 Å². The molecule has 2 heterocycles. The van der Waals surface area contributed by atoms with Crippen LogP contribution in [-0.4, -0.2) is 14.6 Å². The molecule has 2 rings (SSSR count). The number of aryl methyl sites for hydroxylation is 1. The number of hydrogen-bond acceptors (Lipinski definition) is 2. The lowest BCUT2D eigenvalue weighted by Crippen LogP contribution is -1.92. The first-order chi connectivity index (χ1) is 6.22. The van der Waals surface area contributed by atoms with Gasteiger partial charge in [-0.25, -0.2) is 9.50 Å². The highest BCUT2D eigenvalue weighted by Gasteiger charge is 2.08. The summed E-state index contributed by atoms with van der Waals surface area (Å²) in [7, 11) is 0. The molecule has 0 aromatic carbocycles. The molecule has 2 aromatic heterocycles. The predicted molar refractivity (Wildman–Crippen MR) is 55.1 cm³/mol. The fourth-order valence-corrected chi connectivity index (χ4v) is 1.63. The smallest absolute Gasteiger partial charge is 0.170 e. The summed E-state index contributed by atoms with van der Waals surface area (Å²) in [5, 5.41) is 4.54. The van der Waals surface area contributed by atoms with Gasteiger partial charge in [0, 0.05) is 12.4 Å². The third-order valence-electron chi connectivity index (χ3n) is 1.84. The molecule has 0 amide bonds. The van der Waals surface area contributed by atoms with E-state index in [9.17, 15) is 0 Å². The Hall–Kier alpha value is -0.610. The van der Waals surface area contributed by atoms with E-state index in [0.29, 0.717) is 5.15 Å². The SMILES string of the molecule is CCc1cnc2c(Br)c(Cl)nn2c1. The highest BCUT2D eigenvalue weighted by atomic mass is 79.9. The number of halogens is 2. The summed E-state index contributed by atoms with van der Waals surface area (Å²) in [5.74, 6) is 0. The van der Waals surface area contributed by atoms with Crippen molar-refractivity contribution in [3.63, 3.8) is 0 Å². The van der Waals surface area contributed by atoms with Crippen molar-refractivity contribution < 1.29 is 0 Å². The van der Waals surface area contributed by atoms with Crippen LogP contribution in [0.4, 0.5) is 0 Å². The fourth-order valence-electron chi connectivity index (χ4n) is 1.10. The van der Waals surface area contributed by atoms with Gasteiger partial charge in [-0.1, -0.05) is 18.5 Å². The maximum atomic E-state index is 5.83. The summed E-state index contributed by atoms with van der Waals surface area (Å²) in [5.41, 5.74) is 1.89. The van der Waals surface area contributed by atoms with Crippen LogP contribution in [0.15, 0.2) is 16.9 Å². The lowest BCUT2D eigenvalue weighted by molar-refractivity contribution is 0.911. The number of nitrogens with zero attached hydrogens (tertiary/aromatic N) is 3. The van der Waals surface area contributed by atoms with E-state index in [1.54, 1.807) is 4.52 Å². The van der Waals surface area contributed by atoms with Crippen LogP contribution < -0.4 is 0 Å². The van der Waals surface area contributed by atoms with Crippen molar-refractivity contribution >= 4 is 33.2 Å². The first kappa shape index (κ1) is 8.97. The highest BCUT2D eigenvalue weighted by molar-refractivity contribution is 9.10. The monoisotopic (exact) mass is 259 g/mol. The minimum atomic E-state index is 0.445. The molecule has 0 atom stereocenters. The molecule has 68 valence electrons. The van der Waals surface area contributed by atoms with Crippen LogP contribution in [0.5, 0.6) is 0 Å². The molecule has 3 nitrogen and oxygen atoms in total. The van der Waals surface area contributed by atoms with Crippen LogP contribution in [-0.2, 0) is 6.42 Å². The molecule has 0 saturated heterocycles. The van der Waals surface area contributed by atoms with Gasteiger partial charge in [-0.15, -0.1) is 0 Å². The third-order valence-corrected chi connectivity index (χ3v) is 3.06. The molecule has 13 heavy (non-hydrogen) atoms. The second-order valence-electron chi connectivity index (χ2n) is 2.69. The molecule has 0 radical (unpaired) electrons. The molecule has 0 spiro atoms. The van der Waals surface area contributed by atoms with Crippen LogP contribution in [0.1, 0.15) is 12.5 Å². The molecule has 5 heteroatoms. The standard InChI is InChI=1S/C8H7BrClN3/c1-2-5-3-11-8-6(9)7(10)12-13(8)4-5/h3-4H,2H2,1H3. The quantitative estimate of drug-likeness (QED) is 0.789. The fraction of sp³-hybridized carbons (Fsp3) is 0.250. The van der Waals surface area contributed by atoms with E-state index in [0.717, 1.165) is 22.1 Å². The average Bonchev–Trinajstić information content (AvgIpc) is 2.42. The van der Waals surface area contributed by atoms with Crippen molar-refractivity contribution in [2.75, 3.05) is 0 Å². The highest BCUT2D eigenvalue weighted by Crippen LogP contribution is 2.24. The lowest BCUT2D eigenvalue weighted by Gasteiger charge is -1.96. The van der Waals surface area contributed by atoms with Crippen molar-refractivity contribution in [2.24, 2.45) is 0 Å². The zero-order valence-corrected chi connectivity index (χ0v) is 9.30. The molecule has 0 bridgehead atoms. The van der Waals surface area contributed by atoms with Crippen molar-refractivity contribution in [3.8, 4) is 0 Å². The Morgan fingerprint density at radius 2 is 2.38 bits per heavy atom. The van der Waals surface area contributed by atoms with E-state index in [4.69, 9.17) is 11.6 Å². The first-order valence-corrected chi connectivity index (χ1v) is 5.07. The Morgan fingerprint density at radius 3 is 3.08 bits per heavy atom. The van der Waals surface area contributed by atoms with Gasteiger partial charge >= 0.3 is 0 Å². The summed E-state index contributed by atoms with van der Waals surface area (Å²) < 4.78 is 2.43. The normalized spacial score (nSPS) is 11.0. The second-order valence-corrected chi connectivity index (χ2v) is 3.84. The zero-order chi connectivity index (χ0) is 9.42. The van der Waals surface area contributed by atoms with E-state index in [2.05, 4.69) is 32.9 Å². The van der Waals surface area contributed by atoms with Crippen LogP contribution in [0, 0.1) is 0 Å². The minimum absolute atomic E-state index is 0.445. The van der Waals surface area contributed by atoms with Gasteiger partial charge < -0.3 is 0 Å². The van der Waals surface area contributed by atoms with Gasteiger partial charge in [0.15, 0.2) is 10.8 Å². The molecule has 0 fully saturated rings. The van der Waals surface area contributed by atoms with E-state index >= 15 is 0 Å². The van der Waals surface area contributed by atoms with Crippen molar-refractivity contribution in [1.82, 2.24) is 14.6 Å². The topological polar surface area (TPSA) is 30.2 Å². The predicted octanol–water partition coefficient (Wildman–Crippen LogP) is 2.71. The van der Waals surface area contributed by atoms with Gasteiger partial charge in [0.25, 0.3) is 0 Å². The molecular formula is C8H7BrClN3. The Labute approximate surface area is 88.9 Å². The number of hydrogen-bond donors (Lipinski definition) is 0. The average molecular weight is 261 g/mol. The van der Waals surface area contributed by atoms with Crippen LogP contribution >= 0.6 is 27.5 Å². The van der Waals surface area contributed by atoms with Crippen molar-refractivity contribution in [3.05, 3.63) is 27.6 Å². The summed E-state index contributed by atoms with van der Waals surface area (Å²) >= 11 is 9.15. The van der Waals surface area contributed by atoms with Gasteiger partial charge in [0.05, 0.1) is 0 Å². The van der Waals surface area contributed by atoms with Crippen LogP contribution in [0.3, 0.4) is 0 Å². The largest absolute Gasteiger partial charge is 0.236 e. The lowest BCUT2D eigenvalue weighted by atomic mass is 10.3. The molecule has 0 aliphatic carbocycles. The summed E-state index contributed by atoms with van der Waals surface area (Å²) in [6.45, 7) is 2.07. The number of aromatic nitrogens is 3. The van der Waals surface area contributed by atoms with Crippen molar-refractivity contribution in [2.45, 2.75) is 13.3 Å². The molecule has 0 aliphatic heterocycles. The molecular weight excluding hydrogens is 253 g/mol. The number of rotatable bonds is 1. The third kappa shape index (κ3) is 1.44. The molecule has 2 aromatic rings. The van der Waals surface area contributed by atoms with E-state index in [1.807, 2.05) is 12.4 Å². The maximum Gasteiger partial charge on any atom is 0.170 e. The molecule has 0 unspecified atom stereocenters. The Bertz CT molecular complexity index is 452. The van der Waals surface area contributed by atoms with Crippen LogP contribution in [0.25, 0.3) is 5.65 Å². The Morgan fingerprint density at radius 1 is 1.62 bits per heavy atom. The van der Waals surface area contributed by atoms with E-state index < -0.39 is 0 Å². The van der Waals surface area contributed by atoms with Gasteiger partial charge in [0.1, 0.15) is 4.47 Å². The van der Waals surface area contributed by atoms with Gasteiger partial charge in [-0.3, -0.25) is 0 Å². The van der Waals surface area contributed by atoms with Gasteiger partial charge in [0.2, 0.25) is 0 Å². The summed E-state index contributed by atoms with van der Waals surface area (Å²) in [6.07, 6.45) is 4.70. The van der Waals surface area contributed by atoms with E-state index in [-0.39, 0.29) is 0 Å². The Kier molecular flexibility index (Phi) is 2.26. The molecule has 0 N–H and O–H groups in total. The minimum Gasteiger partial charge on any atom is -0.236 e. The van der Waals surface area contributed by atoms with Crippen molar-refractivity contribution in [1.29, 1.82) is 0 Å². The zero-order valence-electron chi connectivity index (χ0n) is 6.96. The molecule has 0 aliphatic rings. The summed E-state index contributed by atoms with van der Waals surface area (Å²) in [4.78, 5) is 4.24. The second kappa shape index (κ2) is 3.27. The first-order valence-electron chi connectivity index (χ1n) is 3.90. The van der Waals surface area contributed by atoms with Gasteiger partial charge in [-0.2, -0.15) is 5.10 Å². The Balaban J connectivity index is 2.73. The maximum absolute atomic E-state index is 5.83. The number of fused-ring (bicyclic) bond motifs is 1. The van der Waals surface area contributed by atoms with Crippen LogP contribution in [0.2, 0.25) is 5.15 Å². The molecule has 0 saturated carbocycles.